The second-order valence-electron chi connectivity index (χ2n) is 4.16. The van der Waals surface area contributed by atoms with Crippen LogP contribution in [-0.4, -0.2) is 35.4 Å². The van der Waals surface area contributed by atoms with E-state index in [1.807, 2.05) is 0 Å². The van der Waals surface area contributed by atoms with E-state index in [9.17, 15) is 14.9 Å². The quantitative estimate of drug-likeness (QED) is 0.419. The van der Waals surface area contributed by atoms with Crippen molar-refractivity contribution in [3.05, 3.63) is 59.2 Å². The number of nitro benzene ring substituents is 1. The van der Waals surface area contributed by atoms with E-state index in [-0.39, 0.29) is 22.9 Å². The number of hydrogen-bond donors (Lipinski definition) is 0. The molecule has 0 saturated heterocycles. The van der Waals surface area contributed by atoms with Crippen molar-refractivity contribution in [3.8, 4) is 5.75 Å². The molecule has 0 bridgehead atoms. The Morgan fingerprint density at radius 1 is 1.38 bits per heavy atom. The number of amides is 1. The molecule has 21 heavy (non-hydrogen) atoms. The van der Waals surface area contributed by atoms with Gasteiger partial charge in [-0.15, -0.1) is 13.2 Å². The third kappa shape index (κ3) is 4.17. The van der Waals surface area contributed by atoms with Gasteiger partial charge < -0.3 is 9.64 Å². The maximum absolute atomic E-state index is 12.3. The Bertz CT molecular complexity index is 545. The van der Waals surface area contributed by atoms with Crippen molar-refractivity contribution >= 4 is 11.6 Å². The lowest BCUT2D eigenvalue weighted by atomic mass is 10.1. The van der Waals surface area contributed by atoms with E-state index in [2.05, 4.69) is 13.2 Å². The van der Waals surface area contributed by atoms with Gasteiger partial charge in [0.2, 0.25) is 0 Å². The molecule has 1 rings (SSSR count). The van der Waals surface area contributed by atoms with Gasteiger partial charge in [0.25, 0.3) is 5.91 Å². The van der Waals surface area contributed by atoms with Crippen LogP contribution in [-0.2, 0) is 0 Å². The van der Waals surface area contributed by atoms with Crippen LogP contribution in [0.2, 0.25) is 0 Å². The highest BCUT2D eigenvalue weighted by Crippen LogP contribution is 2.28. The summed E-state index contributed by atoms with van der Waals surface area (Å²) in [6, 6.07) is 4.18. The lowest BCUT2D eigenvalue weighted by molar-refractivity contribution is -0.385. The lowest BCUT2D eigenvalue weighted by Crippen LogP contribution is -2.31. The fourth-order valence-corrected chi connectivity index (χ4v) is 1.81. The molecule has 0 atom stereocenters. The van der Waals surface area contributed by atoms with E-state index in [4.69, 9.17) is 4.74 Å². The smallest absolute Gasteiger partial charge is 0.311 e. The van der Waals surface area contributed by atoms with E-state index in [1.165, 1.54) is 23.1 Å². The molecule has 0 saturated carbocycles. The molecule has 0 fully saturated rings. The van der Waals surface area contributed by atoms with Crippen molar-refractivity contribution in [1.82, 2.24) is 4.90 Å². The summed E-state index contributed by atoms with van der Waals surface area (Å²) in [6.45, 7) is 9.90. The van der Waals surface area contributed by atoms with Gasteiger partial charge in [-0.25, -0.2) is 0 Å². The van der Waals surface area contributed by atoms with Crippen LogP contribution in [0.5, 0.6) is 5.75 Å². The molecular weight excluding hydrogens is 272 g/mol. The van der Waals surface area contributed by atoms with Crippen LogP contribution in [0.15, 0.2) is 43.5 Å². The van der Waals surface area contributed by atoms with Gasteiger partial charge in [-0.2, -0.15) is 0 Å². The summed E-state index contributed by atoms with van der Waals surface area (Å²) >= 11 is 0. The van der Waals surface area contributed by atoms with Crippen LogP contribution in [0, 0.1) is 10.1 Å². The molecule has 1 amide bonds. The molecule has 0 heterocycles. The van der Waals surface area contributed by atoms with Gasteiger partial charge in [-0.1, -0.05) is 12.2 Å². The molecule has 6 nitrogen and oxygen atoms in total. The molecule has 0 radical (unpaired) electrons. The third-order valence-corrected chi connectivity index (χ3v) is 2.69. The second-order valence-corrected chi connectivity index (χ2v) is 4.16. The first-order valence-electron chi connectivity index (χ1n) is 6.47. The molecule has 0 aliphatic carbocycles. The molecule has 0 aromatic heterocycles. The monoisotopic (exact) mass is 290 g/mol. The Hall–Kier alpha value is -2.63. The van der Waals surface area contributed by atoms with Crippen molar-refractivity contribution in [2.45, 2.75) is 6.92 Å². The molecule has 0 spiro atoms. The van der Waals surface area contributed by atoms with Crippen molar-refractivity contribution in [2.24, 2.45) is 0 Å². The third-order valence-electron chi connectivity index (χ3n) is 2.69. The molecule has 6 heteroatoms. The highest BCUT2D eigenvalue weighted by atomic mass is 16.6. The maximum Gasteiger partial charge on any atom is 0.311 e. The van der Waals surface area contributed by atoms with Gasteiger partial charge >= 0.3 is 5.69 Å². The van der Waals surface area contributed by atoms with Crippen LogP contribution in [0.4, 0.5) is 5.69 Å². The minimum Gasteiger partial charge on any atom is -0.487 e. The average molecular weight is 290 g/mol. The van der Waals surface area contributed by atoms with Crippen LogP contribution in [0.1, 0.15) is 17.3 Å². The van der Waals surface area contributed by atoms with E-state index >= 15 is 0 Å². The molecular formula is C15H18N2O4. The van der Waals surface area contributed by atoms with Gasteiger partial charge in [0, 0.05) is 24.7 Å². The second kappa shape index (κ2) is 7.84. The highest BCUT2D eigenvalue weighted by Gasteiger charge is 2.21. The largest absolute Gasteiger partial charge is 0.487 e. The highest BCUT2D eigenvalue weighted by molar-refractivity contribution is 5.95. The van der Waals surface area contributed by atoms with Gasteiger partial charge in [-0.3, -0.25) is 14.9 Å². The zero-order valence-electron chi connectivity index (χ0n) is 11.9. The van der Waals surface area contributed by atoms with Crippen LogP contribution in [0.3, 0.4) is 0 Å². The van der Waals surface area contributed by atoms with Crippen LogP contribution in [0.25, 0.3) is 0 Å². The van der Waals surface area contributed by atoms with E-state index in [1.54, 1.807) is 19.1 Å². The predicted octanol–water partition coefficient (Wildman–Crippen LogP) is 2.81. The normalized spacial score (nSPS) is 9.76. The predicted molar refractivity (Wildman–Crippen MR) is 80.6 cm³/mol. The lowest BCUT2D eigenvalue weighted by Gasteiger charge is -2.19. The molecule has 1 aromatic rings. The minimum atomic E-state index is -0.562. The standard InChI is InChI=1S/C15H18N2O4/c1-4-9-16(10-5-2)15(18)12-7-8-14(21-6-3)13(11-12)17(19)20/h4-5,7-8,11H,1-2,6,9-10H2,3H3. The number of benzene rings is 1. The maximum atomic E-state index is 12.3. The summed E-state index contributed by atoms with van der Waals surface area (Å²) in [5, 5.41) is 11.1. The zero-order valence-corrected chi connectivity index (χ0v) is 11.9. The Kier molecular flexibility index (Phi) is 6.13. The van der Waals surface area contributed by atoms with Crippen LogP contribution < -0.4 is 4.74 Å². The number of ether oxygens (including phenoxy) is 1. The number of carbonyl (C=O) groups is 1. The summed E-state index contributed by atoms with van der Waals surface area (Å²) in [7, 11) is 0. The zero-order chi connectivity index (χ0) is 15.8. The summed E-state index contributed by atoms with van der Waals surface area (Å²) in [4.78, 5) is 24.3. The van der Waals surface area contributed by atoms with E-state index in [0.717, 1.165) is 0 Å². The number of hydrogen-bond acceptors (Lipinski definition) is 4. The number of nitrogens with zero attached hydrogens (tertiary/aromatic N) is 2. The topological polar surface area (TPSA) is 72.7 Å². The first kappa shape index (κ1) is 16.4. The van der Waals surface area contributed by atoms with Gasteiger partial charge in [0.1, 0.15) is 0 Å². The minimum absolute atomic E-state index is 0.151. The summed E-state index contributed by atoms with van der Waals surface area (Å²) < 4.78 is 5.19. The Balaban J connectivity index is 3.14. The van der Waals surface area contributed by atoms with Gasteiger partial charge in [0.05, 0.1) is 11.5 Å². The van der Waals surface area contributed by atoms with Gasteiger partial charge in [0.15, 0.2) is 5.75 Å². The first-order valence-corrected chi connectivity index (χ1v) is 6.47. The van der Waals surface area contributed by atoms with Crippen molar-refractivity contribution in [3.63, 3.8) is 0 Å². The number of carbonyl (C=O) groups excluding carboxylic acids is 1. The first-order chi connectivity index (χ1) is 10.0. The summed E-state index contributed by atoms with van der Waals surface area (Å²) in [5.74, 6) is -0.168. The SMILES string of the molecule is C=CCN(CC=C)C(=O)c1ccc(OCC)c([N+](=O)[O-])c1. The molecule has 0 unspecified atom stereocenters. The number of nitro groups is 1. The fourth-order valence-electron chi connectivity index (χ4n) is 1.81. The number of rotatable bonds is 8. The average Bonchev–Trinajstić information content (AvgIpc) is 2.47. The molecule has 0 aliphatic rings. The Morgan fingerprint density at radius 2 is 2.00 bits per heavy atom. The molecule has 1 aromatic carbocycles. The fraction of sp³-hybridized carbons (Fsp3) is 0.267. The van der Waals surface area contributed by atoms with E-state index < -0.39 is 4.92 Å². The van der Waals surface area contributed by atoms with Crippen molar-refractivity contribution in [2.75, 3.05) is 19.7 Å². The molecule has 0 N–H and O–H groups in total. The van der Waals surface area contributed by atoms with Crippen molar-refractivity contribution in [1.29, 1.82) is 0 Å². The summed E-state index contributed by atoms with van der Waals surface area (Å²) in [5.41, 5.74) is 0.00806. The van der Waals surface area contributed by atoms with Gasteiger partial charge in [-0.05, 0) is 19.1 Å². The van der Waals surface area contributed by atoms with Crippen molar-refractivity contribution < 1.29 is 14.5 Å². The molecule has 0 aliphatic heterocycles. The Labute approximate surface area is 123 Å². The van der Waals surface area contributed by atoms with E-state index in [0.29, 0.717) is 19.7 Å². The Morgan fingerprint density at radius 3 is 2.48 bits per heavy atom. The molecule has 112 valence electrons. The summed E-state index contributed by atoms with van der Waals surface area (Å²) in [6.07, 6.45) is 3.18. The van der Waals surface area contributed by atoms with Crippen LogP contribution >= 0.6 is 0 Å².